The number of nitrogens with one attached hydrogen (secondary N) is 2. The van der Waals surface area contributed by atoms with Crippen molar-refractivity contribution in [1.29, 1.82) is 5.26 Å². The van der Waals surface area contributed by atoms with E-state index in [2.05, 4.69) is 16.1 Å². The number of hydrogen-bond acceptors (Lipinski definition) is 4. The van der Waals surface area contributed by atoms with E-state index in [1.54, 1.807) is 36.9 Å². The Balaban J connectivity index is 1.94. The maximum Gasteiger partial charge on any atom is 0.317 e. The minimum absolute atomic E-state index is 0.0272. The molecule has 2 N–H and O–H groups in total. The zero-order chi connectivity index (χ0) is 18.4. The van der Waals surface area contributed by atoms with E-state index >= 15 is 0 Å². The molecular formula is C17H24N4O3S. The minimum atomic E-state index is -3.55. The maximum atomic E-state index is 12.2. The molecule has 0 saturated carbocycles. The second kappa shape index (κ2) is 8.32. The molecule has 0 spiro atoms. The lowest BCUT2D eigenvalue weighted by molar-refractivity contribution is 0.178. The fraction of sp³-hybridized carbons (Fsp3) is 0.529. The Morgan fingerprint density at radius 3 is 2.64 bits per heavy atom. The zero-order valence-electron chi connectivity index (χ0n) is 14.5. The van der Waals surface area contributed by atoms with Crippen molar-refractivity contribution >= 4 is 16.1 Å². The maximum absolute atomic E-state index is 12.2. The van der Waals surface area contributed by atoms with Crippen LogP contribution in [0.1, 0.15) is 32.3 Å². The lowest BCUT2D eigenvalue weighted by Gasteiger charge is -2.29. The Kier molecular flexibility index (Phi) is 6.39. The molecule has 8 heteroatoms. The van der Waals surface area contributed by atoms with Crippen molar-refractivity contribution in [3.8, 4) is 6.07 Å². The molecule has 2 amide bonds. The number of carbonyl (C=O) groups excluding carboxylic acids is 1. The molecule has 1 aromatic rings. The van der Waals surface area contributed by atoms with Crippen LogP contribution in [-0.2, 0) is 16.6 Å². The Hall–Kier alpha value is -2.11. The van der Waals surface area contributed by atoms with Gasteiger partial charge >= 0.3 is 6.03 Å². The molecule has 0 unspecified atom stereocenters. The third-order valence-electron chi connectivity index (χ3n) is 4.01. The monoisotopic (exact) mass is 364 g/mol. The number of nitrogens with zero attached hydrogens (tertiary/aromatic N) is 2. The van der Waals surface area contributed by atoms with Crippen LogP contribution in [0, 0.1) is 17.2 Å². The summed E-state index contributed by atoms with van der Waals surface area (Å²) in [4.78, 5) is 14.1. The van der Waals surface area contributed by atoms with Crippen molar-refractivity contribution in [2.24, 2.45) is 5.92 Å². The molecule has 0 radical (unpaired) electrons. The van der Waals surface area contributed by atoms with Crippen molar-refractivity contribution in [1.82, 2.24) is 14.9 Å². The standard InChI is InChI=1S/C17H24N4O3S/c1-13(2)20-25(23,24)16-5-3-4-15(10-16)12-19-17(22)21-8-6-14(11-18)7-9-21/h3-5,10,13-14,20H,6-9,12H2,1-2H3,(H,19,22). The lowest BCUT2D eigenvalue weighted by atomic mass is 9.99. The molecule has 0 aliphatic carbocycles. The third-order valence-corrected chi connectivity index (χ3v) is 5.66. The van der Waals surface area contributed by atoms with Crippen LogP contribution in [0.5, 0.6) is 0 Å². The summed E-state index contributed by atoms with van der Waals surface area (Å²) in [6, 6.07) is 8.38. The van der Waals surface area contributed by atoms with Gasteiger partial charge in [-0.15, -0.1) is 0 Å². The fourth-order valence-electron chi connectivity index (χ4n) is 2.70. The summed E-state index contributed by atoms with van der Waals surface area (Å²) in [6.07, 6.45) is 1.39. The minimum Gasteiger partial charge on any atom is -0.334 e. The number of rotatable bonds is 5. The summed E-state index contributed by atoms with van der Waals surface area (Å²) in [5.41, 5.74) is 0.715. The SMILES string of the molecule is CC(C)NS(=O)(=O)c1cccc(CNC(=O)N2CCC(C#N)CC2)c1. The molecular weight excluding hydrogens is 340 g/mol. The third kappa shape index (κ3) is 5.44. The van der Waals surface area contributed by atoms with Gasteiger partial charge in [0.25, 0.3) is 0 Å². The van der Waals surface area contributed by atoms with Gasteiger partial charge in [-0.3, -0.25) is 0 Å². The number of nitriles is 1. The van der Waals surface area contributed by atoms with Gasteiger partial charge < -0.3 is 10.2 Å². The quantitative estimate of drug-likeness (QED) is 0.832. The second-order valence-corrected chi connectivity index (χ2v) is 8.19. The highest BCUT2D eigenvalue weighted by Crippen LogP contribution is 2.16. The highest BCUT2D eigenvalue weighted by atomic mass is 32.2. The smallest absolute Gasteiger partial charge is 0.317 e. The van der Waals surface area contributed by atoms with Crippen LogP contribution in [0.25, 0.3) is 0 Å². The molecule has 0 aromatic heterocycles. The molecule has 136 valence electrons. The summed E-state index contributed by atoms with van der Waals surface area (Å²) in [5, 5.41) is 11.7. The predicted octanol–water partition coefficient (Wildman–Crippen LogP) is 1.82. The molecule has 1 aliphatic rings. The van der Waals surface area contributed by atoms with Crippen molar-refractivity contribution in [2.45, 2.75) is 44.2 Å². The summed E-state index contributed by atoms with van der Waals surface area (Å²) in [7, 11) is -3.55. The Labute approximate surface area is 149 Å². The van der Waals surface area contributed by atoms with Crippen LogP contribution < -0.4 is 10.0 Å². The topological polar surface area (TPSA) is 102 Å². The van der Waals surface area contributed by atoms with E-state index in [0.717, 1.165) is 0 Å². The highest BCUT2D eigenvalue weighted by Gasteiger charge is 2.22. The molecule has 25 heavy (non-hydrogen) atoms. The number of likely N-dealkylation sites (tertiary alicyclic amines) is 1. The van der Waals surface area contributed by atoms with E-state index < -0.39 is 10.0 Å². The molecule has 1 aromatic carbocycles. The van der Waals surface area contributed by atoms with Gasteiger partial charge in [-0.25, -0.2) is 17.9 Å². The summed E-state index contributed by atoms with van der Waals surface area (Å²) < 4.78 is 27.0. The second-order valence-electron chi connectivity index (χ2n) is 6.47. The largest absolute Gasteiger partial charge is 0.334 e. The molecule has 1 fully saturated rings. The van der Waals surface area contributed by atoms with Gasteiger partial charge in [0.1, 0.15) is 0 Å². The molecule has 2 rings (SSSR count). The van der Waals surface area contributed by atoms with E-state index in [1.165, 1.54) is 6.07 Å². The zero-order valence-corrected chi connectivity index (χ0v) is 15.3. The van der Waals surface area contributed by atoms with E-state index in [1.807, 2.05) is 0 Å². The molecule has 7 nitrogen and oxygen atoms in total. The van der Waals surface area contributed by atoms with E-state index in [4.69, 9.17) is 5.26 Å². The van der Waals surface area contributed by atoms with Crippen LogP contribution in [-0.4, -0.2) is 38.5 Å². The Bertz CT molecular complexity index is 747. The van der Waals surface area contributed by atoms with Crippen molar-refractivity contribution in [2.75, 3.05) is 13.1 Å². The molecule has 0 atom stereocenters. The van der Waals surface area contributed by atoms with Crippen molar-refractivity contribution < 1.29 is 13.2 Å². The van der Waals surface area contributed by atoms with E-state index in [9.17, 15) is 13.2 Å². The lowest BCUT2D eigenvalue weighted by Crippen LogP contribution is -2.44. The number of sulfonamides is 1. The van der Waals surface area contributed by atoms with Crippen molar-refractivity contribution in [3.63, 3.8) is 0 Å². The summed E-state index contributed by atoms with van der Waals surface area (Å²) >= 11 is 0. The van der Waals surface area contributed by atoms with Gasteiger partial charge in [0.15, 0.2) is 0 Å². The molecule has 1 heterocycles. The highest BCUT2D eigenvalue weighted by molar-refractivity contribution is 7.89. The summed E-state index contributed by atoms with van der Waals surface area (Å²) in [6.45, 7) is 4.91. The number of amides is 2. The average Bonchev–Trinajstić information content (AvgIpc) is 2.59. The van der Waals surface area contributed by atoms with Crippen LogP contribution in [0.4, 0.5) is 4.79 Å². The van der Waals surface area contributed by atoms with Crippen LogP contribution in [0.3, 0.4) is 0 Å². The van der Waals surface area contributed by atoms with Crippen molar-refractivity contribution in [3.05, 3.63) is 29.8 Å². The predicted molar refractivity (Wildman–Crippen MR) is 94.0 cm³/mol. The van der Waals surface area contributed by atoms with E-state index in [-0.39, 0.29) is 29.4 Å². The average molecular weight is 364 g/mol. The number of urea groups is 1. The van der Waals surface area contributed by atoms with Gasteiger partial charge in [-0.1, -0.05) is 12.1 Å². The first-order valence-electron chi connectivity index (χ1n) is 8.35. The van der Waals surface area contributed by atoms with Crippen LogP contribution in [0.15, 0.2) is 29.2 Å². The fourth-order valence-corrected chi connectivity index (χ4v) is 4.02. The van der Waals surface area contributed by atoms with Gasteiger partial charge in [-0.2, -0.15) is 5.26 Å². The first kappa shape index (κ1) is 19.2. The van der Waals surface area contributed by atoms with Gasteiger partial charge in [0.05, 0.1) is 11.0 Å². The number of hydrogen-bond donors (Lipinski definition) is 2. The van der Waals surface area contributed by atoms with Gasteiger partial charge in [0, 0.05) is 31.6 Å². The normalized spacial score (nSPS) is 15.8. The number of benzene rings is 1. The van der Waals surface area contributed by atoms with Gasteiger partial charge in [-0.05, 0) is 44.4 Å². The Morgan fingerprint density at radius 2 is 2.04 bits per heavy atom. The van der Waals surface area contributed by atoms with Gasteiger partial charge in [0.2, 0.25) is 10.0 Å². The molecule has 0 bridgehead atoms. The van der Waals surface area contributed by atoms with Crippen LogP contribution >= 0.6 is 0 Å². The van der Waals surface area contributed by atoms with E-state index in [0.29, 0.717) is 31.5 Å². The first-order valence-corrected chi connectivity index (χ1v) is 9.84. The van der Waals surface area contributed by atoms with Crippen LogP contribution in [0.2, 0.25) is 0 Å². The first-order chi connectivity index (χ1) is 11.8. The number of carbonyl (C=O) groups is 1. The molecule has 1 aliphatic heterocycles. The molecule has 1 saturated heterocycles. The number of piperidine rings is 1. The summed E-state index contributed by atoms with van der Waals surface area (Å²) in [5.74, 6) is 0.0272. The Morgan fingerprint density at radius 1 is 1.36 bits per heavy atom.